The highest BCUT2D eigenvalue weighted by atomic mass is 14.7. The van der Waals surface area contributed by atoms with Gasteiger partial charge in [0, 0.05) is 18.1 Å². The van der Waals surface area contributed by atoms with Crippen molar-refractivity contribution in [2.75, 3.05) is 0 Å². The quantitative estimate of drug-likeness (QED) is 0.504. The number of allylic oxidation sites excluding steroid dienone is 1. The Hall–Kier alpha value is -1.05. The van der Waals surface area contributed by atoms with Gasteiger partial charge in [0.05, 0.1) is 0 Å². The van der Waals surface area contributed by atoms with Crippen LogP contribution in [0.5, 0.6) is 0 Å². The maximum absolute atomic E-state index is 5.09. The first kappa shape index (κ1) is 5.95. The molecule has 0 bridgehead atoms. The van der Waals surface area contributed by atoms with Crippen molar-refractivity contribution >= 4 is 6.21 Å². The molecule has 38 valence electrons. The first-order chi connectivity index (χ1) is 3.27. The van der Waals surface area contributed by atoms with E-state index in [9.17, 15) is 0 Å². The number of hydrogen-bond donors (Lipinski definition) is 1. The van der Waals surface area contributed by atoms with Crippen LogP contribution in [0.1, 0.15) is 0 Å². The van der Waals surface area contributed by atoms with Crippen molar-refractivity contribution in [3.8, 4) is 0 Å². The van der Waals surface area contributed by atoms with E-state index in [4.69, 9.17) is 5.73 Å². The summed E-state index contributed by atoms with van der Waals surface area (Å²) in [4.78, 5) is 3.59. The molecule has 0 atom stereocenters. The van der Waals surface area contributed by atoms with Crippen molar-refractivity contribution in [3.63, 3.8) is 0 Å². The van der Waals surface area contributed by atoms with Crippen LogP contribution in [0.2, 0.25) is 0 Å². The minimum atomic E-state index is 0.444. The molecule has 0 aliphatic rings. The average Bonchev–Trinajstić information content (AvgIpc) is 1.61. The third-order valence-electron chi connectivity index (χ3n) is 0.346. The van der Waals surface area contributed by atoms with Crippen LogP contribution in [0.4, 0.5) is 0 Å². The SMILES string of the molecule is C=CN=CC(=C)N. The Morgan fingerprint density at radius 3 is 2.43 bits per heavy atom. The zero-order valence-electron chi connectivity index (χ0n) is 4.09. The van der Waals surface area contributed by atoms with E-state index in [0.29, 0.717) is 5.70 Å². The lowest BCUT2D eigenvalue weighted by Crippen LogP contribution is -1.93. The lowest BCUT2D eigenvalue weighted by atomic mass is 10.6. The van der Waals surface area contributed by atoms with Gasteiger partial charge in [0.2, 0.25) is 0 Å². The second-order valence-electron chi connectivity index (χ2n) is 1.04. The number of nitrogens with two attached hydrogens (primary N) is 1. The van der Waals surface area contributed by atoms with Gasteiger partial charge < -0.3 is 5.73 Å². The van der Waals surface area contributed by atoms with Crippen LogP contribution in [0.25, 0.3) is 0 Å². The molecule has 0 aromatic heterocycles. The first-order valence-corrected chi connectivity index (χ1v) is 1.86. The third-order valence-corrected chi connectivity index (χ3v) is 0.346. The van der Waals surface area contributed by atoms with E-state index in [1.807, 2.05) is 0 Å². The van der Waals surface area contributed by atoms with Crippen molar-refractivity contribution in [1.82, 2.24) is 0 Å². The Morgan fingerprint density at radius 2 is 2.29 bits per heavy atom. The fourth-order valence-corrected chi connectivity index (χ4v) is 0.148. The highest BCUT2D eigenvalue weighted by Crippen LogP contribution is 1.68. The Kier molecular flexibility index (Phi) is 2.68. The average molecular weight is 96.1 g/mol. The van der Waals surface area contributed by atoms with E-state index >= 15 is 0 Å². The normalized spacial score (nSPS) is 9.14. The Morgan fingerprint density at radius 1 is 1.71 bits per heavy atom. The summed E-state index contributed by atoms with van der Waals surface area (Å²) < 4.78 is 0. The van der Waals surface area contributed by atoms with Crippen molar-refractivity contribution in [1.29, 1.82) is 0 Å². The molecule has 0 fully saturated rings. The van der Waals surface area contributed by atoms with Gasteiger partial charge in [0.1, 0.15) is 0 Å². The van der Waals surface area contributed by atoms with Gasteiger partial charge in [-0.05, 0) is 0 Å². The molecule has 0 aromatic rings. The van der Waals surface area contributed by atoms with Crippen LogP contribution < -0.4 is 5.73 Å². The molecule has 0 aliphatic carbocycles. The molecule has 0 rings (SSSR count). The Labute approximate surface area is 43.1 Å². The molecular weight excluding hydrogens is 88.1 g/mol. The predicted molar refractivity (Wildman–Crippen MR) is 32.0 cm³/mol. The fraction of sp³-hybridized carbons (Fsp3) is 0. The molecule has 0 heterocycles. The molecule has 0 unspecified atom stereocenters. The molecule has 7 heavy (non-hydrogen) atoms. The van der Waals surface area contributed by atoms with Gasteiger partial charge in [0.25, 0.3) is 0 Å². The summed E-state index contributed by atoms with van der Waals surface area (Å²) in [5.41, 5.74) is 5.53. The zero-order chi connectivity index (χ0) is 5.70. The molecule has 2 N–H and O–H groups in total. The van der Waals surface area contributed by atoms with Crippen LogP contribution in [-0.4, -0.2) is 6.21 Å². The van der Waals surface area contributed by atoms with E-state index in [2.05, 4.69) is 18.2 Å². The van der Waals surface area contributed by atoms with Crippen molar-refractivity contribution < 1.29 is 0 Å². The van der Waals surface area contributed by atoms with E-state index < -0.39 is 0 Å². The summed E-state index contributed by atoms with van der Waals surface area (Å²) in [6.07, 6.45) is 2.84. The van der Waals surface area contributed by atoms with Crippen molar-refractivity contribution in [3.05, 3.63) is 25.1 Å². The predicted octanol–water partition coefficient (Wildman–Crippen LogP) is 0.673. The summed E-state index contributed by atoms with van der Waals surface area (Å²) in [6, 6.07) is 0. The standard InChI is InChI=1S/C5H8N2/c1-3-7-4-5(2)6/h3-4H,1-2,6H2. The molecular formula is C5H8N2. The van der Waals surface area contributed by atoms with Crippen LogP contribution >= 0.6 is 0 Å². The minimum Gasteiger partial charge on any atom is -0.398 e. The smallest absolute Gasteiger partial charge is 0.0491 e. The van der Waals surface area contributed by atoms with Gasteiger partial charge in [-0.1, -0.05) is 13.2 Å². The fourth-order valence-electron chi connectivity index (χ4n) is 0.148. The topological polar surface area (TPSA) is 38.4 Å². The second kappa shape index (κ2) is 3.15. The number of aliphatic imine (C=N–C) groups is 1. The largest absolute Gasteiger partial charge is 0.398 e. The molecule has 2 nitrogen and oxygen atoms in total. The summed E-state index contributed by atoms with van der Waals surface area (Å²) >= 11 is 0. The van der Waals surface area contributed by atoms with E-state index in [0.717, 1.165) is 0 Å². The molecule has 0 saturated carbocycles. The van der Waals surface area contributed by atoms with Gasteiger partial charge >= 0.3 is 0 Å². The Balaban J connectivity index is 3.46. The molecule has 0 radical (unpaired) electrons. The maximum atomic E-state index is 5.09. The second-order valence-corrected chi connectivity index (χ2v) is 1.04. The monoisotopic (exact) mass is 96.1 g/mol. The van der Waals surface area contributed by atoms with Gasteiger partial charge in [-0.25, -0.2) is 0 Å². The Bertz CT molecular complexity index is 103. The van der Waals surface area contributed by atoms with E-state index in [-0.39, 0.29) is 0 Å². The molecule has 0 aliphatic heterocycles. The lowest BCUT2D eigenvalue weighted by Gasteiger charge is -1.78. The van der Waals surface area contributed by atoms with Gasteiger partial charge in [-0.15, -0.1) is 0 Å². The highest BCUT2D eigenvalue weighted by molar-refractivity contribution is 5.76. The number of rotatable bonds is 2. The van der Waals surface area contributed by atoms with Crippen LogP contribution in [0.15, 0.2) is 30.0 Å². The third kappa shape index (κ3) is 4.95. The van der Waals surface area contributed by atoms with Crippen LogP contribution in [-0.2, 0) is 0 Å². The van der Waals surface area contributed by atoms with Crippen LogP contribution in [0.3, 0.4) is 0 Å². The molecule has 0 amide bonds. The maximum Gasteiger partial charge on any atom is 0.0491 e. The first-order valence-electron chi connectivity index (χ1n) is 1.86. The lowest BCUT2D eigenvalue weighted by molar-refractivity contribution is 1.50. The van der Waals surface area contributed by atoms with Crippen LogP contribution in [0, 0.1) is 0 Å². The summed E-state index contributed by atoms with van der Waals surface area (Å²) in [5, 5.41) is 0. The highest BCUT2D eigenvalue weighted by Gasteiger charge is 1.66. The van der Waals surface area contributed by atoms with Gasteiger partial charge in [-0.3, -0.25) is 4.99 Å². The molecule has 0 spiro atoms. The van der Waals surface area contributed by atoms with E-state index in [1.165, 1.54) is 12.4 Å². The summed E-state index contributed by atoms with van der Waals surface area (Å²) in [5.74, 6) is 0. The van der Waals surface area contributed by atoms with Crippen molar-refractivity contribution in [2.45, 2.75) is 0 Å². The molecule has 2 heteroatoms. The van der Waals surface area contributed by atoms with Crippen molar-refractivity contribution in [2.24, 2.45) is 10.7 Å². The number of nitrogens with zero attached hydrogens (tertiary/aromatic N) is 1. The molecule has 0 aromatic carbocycles. The minimum absolute atomic E-state index is 0.444. The van der Waals surface area contributed by atoms with Gasteiger partial charge in [0.15, 0.2) is 0 Å². The summed E-state index contributed by atoms with van der Waals surface area (Å²) in [6.45, 7) is 6.71. The van der Waals surface area contributed by atoms with Gasteiger partial charge in [-0.2, -0.15) is 0 Å². The number of hydrogen-bond acceptors (Lipinski definition) is 2. The summed E-state index contributed by atoms with van der Waals surface area (Å²) in [7, 11) is 0. The van der Waals surface area contributed by atoms with E-state index in [1.54, 1.807) is 0 Å². The molecule has 0 saturated heterocycles. The zero-order valence-corrected chi connectivity index (χ0v) is 4.09.